The third-order valence-electron chi connectivity index (χ3n) is 8.13. The summed E-state index contributed by atoms with van der Waals surface area (Å²) >= 11 is 0. The van der Waals surface area contributed by atoms with Crippen molar-refractivity contribution in [1.82, 2.24) is 34.9 Å². The molecule has 8 rings (SSSR count). The van der Waals surface area contributed by atoms with Crippen LogP contribution in [0.25, 0.3) is 21.8 Å². The van der Waals surface area contributed by atoms with Gasteiger partial charge in [-0.3, -0.25) is 34.9 Å². The summed E-state index contributed by atoms with van der Waals surface area (Å²) in [5.74, 6) is 0. The van der Waals surface area contributed by atoms with E-state index in [4.69, 9.17) is 0 Å². The molecule has 0 saturated heterocycles. The van der Waals surface area contributed by atoms with Gasteiger partial charge in [-0.25, -0.2) is 4.39 Å². The average Bonchev–Trinajstić information content (AvgIpc) is 3.20. The summed E-state index contributed by atoms with van der Waals surface area (Å²) in [7, 11) is 0. The molecule has 6 aromatic heterocycles. The van der Waals surface area contributed by atoms with E-state index in [0.717, 1.165) is 39.5 Å². The number of aromatic nitrogens is 7. The summed E-state index contributed by atoms with van der Waals surface area (Å²) in [5, 5.41) is 2.43. The first kappa shape index (κ1) is 45.1. The van der Waals surface area contributed by atoms with Crippen LogP contribution in [0.5, 0.6) is 0 Å². The fourth-order valence-corrected chi connectivity index (χ4v) is 4.76. The minimum Gasteiger partial charge on any atom is -0.261 e. The first-order valence-corrected chi connectivity index (χ1v) is 18.9. The van der Waals surface area contributed by atoms with Gasteiger partial charge in [-0.05, 0) is 147 Å². The van der Waals surface area contributed by atoms with Crippen LogP contribution in [0.1, 0.15) is 75.1 Å². The Balaban J connectivity index is 0.000000185. The molecular formula is C49H56FN7. The molecule has 7 nitrogen and oxygen atoms in total. The molecule has 0 N–H and O–H groups in total. The molecule has 0 aliphatic heterocycles. The minimum atomic E-state index is -1.02. The Bertz CT molecular complexity index is 2150. The van der Waals surface area contributed by atoms with Crippen molar-refractivity contribution in [2.75, 3.05) is 0 Å². The Labute approximate surface area is 338 Å². The lowest BCUT2D eigenvalue weighted by atomic mass is 10.1. The molecule has 0 fully saturated rings. The molecule has 8 heteroatoms. The maximum Gasteiger partial charge on any atom is 0.141 e. The number of benzene rings is 2. The van der Waals surface area contributed by atoms with Gasteiger partial charge in [0.2, 0.25) is 0 Å². The van der Waals surface area contributed by atoms with Gasteiger partial charge < -0.3 is 0 Å². The van der Waals surface area contributed by atoms with Crippen LogP contribution in [-0.4, -0.2) is 34.9 Å². The Hall–Kier alpha value is -6.28. The SMILES string of the molecule is Cc1ccc(C)nc1.Cc1ccc(C)nc1.Cc1ccc(C)nc1.Cc1ccc2cccnc2c1.Cc1ccc2nc(C)ccc2c1.Cc1cnc(C(C)F)cn1. The Morgan fingerprint density at radius 3 is 1.33 bits per heavy atom. The predicted molar refractivity (Wildman–Crippen MR) is 235 cm³/mol. The van der Waals surface area contributed by atoms with E-state index >= 15 is 0 Å². The number of fused-ring (bicyclic) bond motifs is 2. The molecule has 6 heterocycles. The zero-order valence-corrected chi connectivity index (χ0v) is 35.3. The summed E-state index contributed by atoms with van der Waals surface area (Å²) < 4.78 is 12.5. The topological polar surface area (TPSA) is 90.2 Å². The van der Waals surface area contributed by atoms with E-state index < -0.39 is 6.17 Å². The lowest BCUT2D eigenvalue weighted by Crippen LogP contribution is -1.92. The van der Waals surface area contributed by atoms with Gasteiger partial charge in [0.15, 0.2) is 0 Å². The molecular weight excluding hydrogens is 706 g/mol. The number of rotatable bonds is 1. The Kier molecular flexibility index (Phi) is 18.7. The highest BCUT2D eigenvalue weighted by Gasteiger charge is 2.02. The highest BCUT2D eigenvalue weighted by Crippen LogP contribution is 2.14. The number of pyridine rings is 5. The van der Waals surface area contributed by atoms with Gasteiger partial charge in [-0.2, -0.15) is 0 Å². The molecule has 0 spiro atoms. The van der Waals surface area contributed by atoms with Crippen molar-refractivity contribution < 1.29 is 4.39 Å². The van der Waals surface area contributed by atoms with E-state index in [-0.39, 0.29) is 0 Å². The van der Waals surface area contributed by atoms with E-state index in [9.17, 15) is 4.39 Å². The van der Waals surface area contributed by atoms with Crippen molar-refractivity contribution in [1.29, 1.82) is 0 Å². The standard InChI is InChI=1S/C11H11N.C10H9N.C7H9FN2.3C7H9N/c1-8-3-6-11-10(7-8)5-4-9(2)12-11;1-8-4-5-9-3-2-6-11-10(9)7-8;1-5-3-10-7(4-9-5)6(2)8;3*1-6-3-4-7(2)8-5-6/h3-7H,1-2H3;2-7H,1H3;3-4,6H,1-2H3;3*3-5H,1-2H3. The zero-order chi connectivity index (χ0) is 41.7. The lowest BCUT2D eigenvalue weighted by Gasteiger charge is -1.99. The van der Waals surface area contributed by atoms with Crippen molar-refractivity contribution in [3.63, 3.8) is 0 Å². The van der Waals surface area contributed by atoms with Gasteiger partial charge in [0.05, 0.1) is 28.6 Å². The third-order valence-corrected chi connectivity index (χ3v) is 8.13. The zero-order valence-electron chi connectivity index (χ0n) is 35.3. The Morgan fingerprint density at radius 2 is 0.860 bits per heavy atom. The van der Waals surface area contributed by atoms with Gasteiger partial charge in [0, 0.05) is 64.5 Å². The molecule has 0 aliphatic carbocycles. The van der Waals surface area contributed by atoms with E-state index in [0.29, 0.717) is 5.69 Å². The van der Waals surface area contributed by atoms with Crippen LogP contribution in [0.2, 0.25) is 0 Å². The van der Waals surface area contributed by atoms with E-state index in [1.165, 1.54) is 51.7 Å². The summed E-state index contributed by atoms with van der Waals surface area (Å²) in [6.07, 6.45) is 9.43. The second-order valence-electron chi connectivity index (χ2n) is 14.0. The largest absolute Gasteiger partial charge is 0.261 e. The van der Waals surface area contributed by atoms with Crippen molar-refractivity contribution in [3.05, 3.63) is 196 Å². The van der Waals surface area contributed by atoms with Crippen molar-refractivity contribution in [2.24, 2.45) is 0 Å². The number of aryl methyl sites for hydroxylation is 10. The second kappa shape index (κ2) is 23.6. The number of hydrogen-bond acceptors (Lipinski definition) is 7. The third kappa shape index (κ3) is 17.8. The molecule has 1 atom stereocenters. The van der Waals surface area contributed by atoms with Crippen molar-refractivity contribution in [2.45, 2.75) is 82.3 Å². The van der Waals surface area contributed by atoms with Gasteiger partial charge in [0.1, 0.15) is 6.17 Å². The van der Waals surface area contributed by atoms with Crippen LogP contribution in [0.3, 0.4) is 0 Å². The fourth-order valence-electron chi connectivity index (χ4n) is 4.76. The normalized spacial score (nSPS) is 10.4. The Morgan fingerprint density at radius 1 is 0.386 bits per heavy atom. The van der Waals surface area contributed by atoms with E-state index in [2.05, 4.69) is 115 Å². The number of alkyl halides is 1. The maximum absolute atomic E-state index is 12.5. The number of halogens is 1. The summed E-state index contributed by atoms with van der Waals surface area (Å²) in [6, 6.07) is 33.0. The first-order valence-electron chi connectivity index (χ1n) is 18.9. The molecule has 2 aromatic carbocycles. The molecule has 0 aliphatic rings. The minimum absolute atomic E-state index is 0.394. The summed E-state index contributed by atoms with van der Waals surface area (Å²) in [6.45, 7) is 21.5. The van der Waals surface area contributed by atoms with Gasteiger partial charge in [-0.15, -0.1) is 0 Å². The molecule has 0 radical (unpaired) electrons. The molecule has 57 heavy (non-hydrogen) atoms. The molecule has 0 amide bonds. The van der Waals surface area contributed by atoms with Crippen LogP contribution in [0.15, 0.2) is 134 Å². The van der Waals surface area contributed by atoms with Gasteiger partial charge in [-0.1, -0.05) is 54.1 Å². The lowest BCUT2D eigenvalue weighted by molar-refractivity contribution is 0.364. The van der Waals surface area contributed by atoms with Crippen LogP contribution in [0, 0.1) is 69.2 Å². The first-order chi connectivity index (χ1) is 27.2. The summed E-state index contributed by atoms with van der Waals surface area (Å²) in [4.78, 5) is 28.6. The molecule has 1 unspecified atom stereocenters. The van der Waals surface area contributed by atoms with Crippen LogP contribution in [-0.2, 0) is 0 Å². The van der Waals surface area contributed by atoms with Crippen LogP contribution < -0.4 is 0 Å². The smallest absolute Gasteiger partial charge is 0.141 e. The fraction of sp³-hybridized carbons (Fsp3) is 0.245. The molecule has 8 aromatic rings. The predicted octanol–water partition coefficient (Wildman–Crippen LogP) is 12.3. The molecule has 0 saturated carbocycles. The van der Waals surface area contributed by atoms with E-state index in [1.807, 2.05) is 111 Å². The van der Waals surface area contributed by atoms with Gasteiger partial charge >= 0.3 is 0 Å². The van der Waals surface area contributed by atoms with E-state index in [1.54, 1.807) is 6.20 Å². The maximum atomic E-state index is 12.5. The second-order valence-corrected chi connectivity index (χ2v) is 14.0. The van der Waals surface area contributed by atoms with Crippen molar-refractivity contribution >= 4 is 21.8 Å². The highest BCUT2D eigenvalue weighted by molar-refractivity contribution is 5.79. The van der Waals surface area contributed by atoms with Gasteiger partial charge in [0.25, 0.3) is 0 Å². The number of nitrogens with zero attached hydrogens (tertiary/aromatic N) is 7. The highest BCUT2D eigenvalue weighted by atomic mass is 19.1. The van der Waals surface area contributed by atoms with Crippen LogP contribution >= 0.6 is 0 Å². The monoisotopic (exact) mass is 761 g/mol. The molecule has 0 bridgehead atoms. The summed E-state index contributed by atoms with van der Waals surface area (Å²) in [5.41, 5.74) is 13.9. The molecule has 294 valence electrons. The van der Waals surface area contributed by atoms with Crippen molar-refractivity contribution in [3.8, 4) is 0 Å². The number of hydrogen-bond donors (Lipinski definition) is 0. The van der Waals surface area contributed by atoms with Crippen LogP contribution in [0.4, 0.5) is 4.39 Å². The average molecular weight is 762 g/mol. The quantitative estimate of drug-likeness (QED) is 0.164.